The minimum atomic E-state index is -0.520. The lowest BCUT2D eigenvalue weighted by atomic mass is 10.3. The Morgan fingerprint density at radius 3 is 2.59 bits per heavy atom. The zero-order chi connectivity index (χ0) is 12.4. The van der Waals surface area contributed by atoms with Crippen LogP contribution in [0.1, 0.15) is 0 Å². The number of halogens is 3. The molecule has 5 heteroatoms. The smallest absolute Gasteiger partial charge is 0.150 e. The molecule has 2 rings (SSSR count). The average Bonchev–Trinajstić information content (AvgIpc) is 2.27. The number of hydrogen-bond acceptors (Lipinski definition) is 2. The summed E-state index contributed by atoms with van der Waals surface area (Å²) in [7, 11) is 0. The van der Waals surface area contributed by atoms with Crippen LogP contribution < -0.4 is 10.5 Å². The lowest BCUT2D eigenvalue weighted by Crippen LogP contribution is -1.93. The van der Waals surface area contributed by atoms with E-state index in [-0.39, 0.29) is 5.02 Å². The van der Waals surface area contributed by atoms with E-state index in [1.807, 2.05) is 6.07 Å². The molecule has 0 atom stereocenters. The van der Waals surface area contributed by atoms with Gasteiger partial charge in [0.15, 0.2) is 0 Å². The first-order valence-corrected chi connectivity index (χ1v) is 6.20. The zero-order valence-corrected chi connectivity index (χ0v) is 11.5. The summed E-state index contributed by atoms with van der Waals surface area (Å²) < 4.78 is 19.7. The SMILES string of the molecule is Nc1cc(I)ccc1Oc1ccc(Cl)c(F)c1. The molecule has 0 saturated carbocycles. The van der Waals surface area contributed by atoms with Crippen LogP contribution >= 0.6 is 34.2 Å². The second-order valence-corrected chi connectivity index (χ2v) is 5.01. The molecule has 2 N–H and O–H groups in total. The minimum Gasteiger partial charge on any atom is -0.455 e. The average molecular weight is 364 g/mol. The summed E-state index contributed by atoms with van der Waals surface area (Å²) in [6.07, 6.45) is 0. The largest absolute Gasteiger partial charge is 0.455 e. The van der Waals surface area contributed by atoms with Crippen molar-refractivity contribution >= 4 is 39.9 Å². The van der Waals surface area contributed by atoms with Crippen molar-refractivity contribution in [2.75, 3.05) is 5.73 Å². The lowest BCUT2D eigenvalue weighted by molar-refractivity contribution is 0.479. The second kappa shape index (κ2) is 5.10. The highest BCUT2D eigenvalue weighted by Gasteiger charge is 2.05. The molecule has 0 radical (unpaired) electrons. The summed E-state index contributed by atoms with van der Waals surface area (Å²) in [5.41, 5.74) is 6.29. The lowest BCUT2D eigenvalue weighted by Gasteiger charge is -2.09. The van der Waals surface area contributed by atoms with E-state index in [1.54, 1.807) is 18.2 Å². The number of benzene rings is 2. The third-order valence-electron chi connectivity index (χ3n) is 2.09. The van der Waals surface area contributed by atoms with Gasteiger partial charge in [-0.2, -0.15) is 0 Å². The van der Waals surface area contributed by atoms with Crippen LogP contribution in [0.2, 0.25) is 5.02 Å². The minimum absolute atomic E-state index is 0.0629. The Labute approximate surface area is 117 Å². The maximum Gasteiger partial charge on any atom is 0.150 e. The number of rotatable bonds is 2. The molecule has 2 aromatic rings. The van der Waals surface area contributed by atoms with Crippen molar-refractivity contribution in [2.24, 2.45) is 0 Å². The van der Waals surface area contributed by atoms with E-state index < -0.39 is 5.82 Å². The van der Waals surface area contributed by atoms with E-state index in [4.69, 9.17) is 22.1 Å². The van der Waals surface area contributed by atoms with Crippen molar-refractivity contribution in [1.29, 1.82) is 0 Å². The van der Waals surface area contributed by atoms with Crippen molar-refractivity contribution in [2.45, 2.75) is 0 Å². The summed E-state index contributed by atoms with van der Waals surface area (Å²) in [6, 6.07) is 9.63. The van der Waals surface area contributed by atoms with Crippen molar-refractivity contribution in [3.8, 4) is 11.5 Å². The summed E-state index contributed by atoms with van der Waals surface area (Å²) >= 11 is 7.73. The Balaban J connectivity index is 2.28. The van der Waals surface area contributed by atoms with Crippen LogP contribution in [0.25, 0.3) is 0 Å². The van der Waals surface area contributed by atoms with E-state index >= 15 is 0 Å². The molecule has 2 aromatic carbocycles. The van der Waals surface area contributed by atoms with Gasteiger partial charge in [0.2, 0.25) is 0 Å². The van der Waals surface area contributed by atoms with Gasteiger partial charge in [-0.1, -0.05) is 11.6 Å². The maximum absolute atomic E-state index is 13.2. The Morgan fingerprint density at radius 2 is 1.94 bits per heavy atom. The van der Waals surface area contributed by atoms with Crippen LogP contribution in [0.3, 0.4) is 0 Å². The molecule has 0 saturated heterocycles. The van der Waals surface area contributed by atoms with Gasteiger partial charge in [0.25, 0.3) is 0 Å². The van der Waals surface area contributed by atoms with Crippen LogP contribution in [0.4, 0.5) is 10.1 Å². The fraction of sp³-hybridized carbons (Fsp3) is 0. The van der Waals surface area contributed by atoms with Crippen LogP contribution in [0.5, 0.6) is 11.5 Å². The van der Waals surface area contributed by atoms with Crippen LogP contribution in [-0.4, -0.2) is 0 Å². The number of ether oxygens (including phenoxy) is 1. The molecule has 0 aliphatic rings. The highest BCUT2D eigenvalue weighted by atomic mass is 127. The first-order valence-electron chi connectivity index (χ1n) is 4.74. The van der Waals surface area contributed by atoms with Gasteiger partial charge in [0.1, 0.15) is 17.3 Å². The van der Waals surface area contributed by atoms with Gasteiger partial charge in [0, 0.05) is 9.64 Å². The number of nitrogen functional groups attached to an aromatic ring is 1. The standard InChI is InChI=1S/C12H8ClFINO/c13-9-3-2-8(6-10(9)14)17-12-4-1-7(15)5-11(12)16/h1-6H,16H2. The number of anilines is 1. The van der Waals surface area contributed by atoms with E-state index in [0.717, 1.165) is 3.57 Å². The molecule has 17 heavy (non-hydrogen) atoms. The molecule has 0 aliphatic carbocycles. The molecular formula is C12H8ClFINO. The molecule has 0 unspecified atom stereocenters. The molecule has 0 heterocycles. The molecular weight excluding hydrogens is 355 g/mol. The summed E-state index contributed by atoms with van der Waals surface area (Å²) in [6.45, 7) is 0. The molecule has 0 amide bonds. The second-order valence-electron chi connectivity index (χ2n) is 3.36. The third kappa shape index (κ3) is 3.01. The molecule has 0 fully saturated rings. The first kappa shape index (κ1) is 12.4. The predicted octanol–water partition coefficient (Wildman–Crippen LogP) is 4.46. The van der Waals surface area contributed by atoms with Gasteiger partial charge in [0.05, 0.1) is 10.7 Å². The number of nitrogens with two attached hydrogens (primary N) is 1. The molecule has 2 nitrogen and oxygen atoms in total. The van der Waals surface area contributed by atoms with E-state index in [2.05, 4.69) is 22.6 Å². The van der Waals surface area contributed by atoms with Crippen molar-refractivity contribution in [3.05, 3.63) is 50.8 Å². The van der Waals surface area contributed by atoms with E-state index in [0.29, 0.717) is 17.2 Å². The van der Waals surface area contributed by atoms with Gasteiger partial charge in [-0.25, -0.2) is 4.39 Å². The van der Waals surface area contributed by atoms with Gasteiger partial charge >= 0.3 is 0 Å². The number of hydrogen-bond donors (Lipinski definition) is 1. The molecule has 0 spiro atoms. The molecule has 0 aromatic heterocycles. The van der Waals surface area contributed by atoms with Gasteiger partial charge in [-0.3, -0.25) is 0 Å². The molecule has 0 aliphatic heterocycles. The first-order chi connectivity index (χ1) is 8.06. The predicted molar refractivity (Wildman–Crippen MR) is 75.1 cm³/mol. The van der Waals surface area contributed by atoms with Crippen LogP contribution in [0.15, 0.2) is 36.4 Å². The Morgan fingerprint density at radius 1 is 1.18 bits per heavy atom. The fourth-order valence-corrected chi connectivity index (χ4v) is 1.91. The summed E-state index contributed by atoms with van der Waals surface area (Å²) in [4.78, 5) is 0. The third-order valence-corrected chi connectivity index (χ3v) is 3.07. The molecule has 0 bridgehead atoms. The monoisotopic (exact) mass is 363 g/mol. The quantitative estimate of drug-likeness (QED) is 0.632. The Kier molecular flexibility index (Phi) is 3.73. The normalized spacial score (nSPS) is 10.3. The van der Waals surface area contributed by atoms with Crippen molar-refractivity contribution in [1.82, 2.24) is 0 Å². The molecule has 88 valence electrons. The van der Waals surface area contributed by atoms with Crippen molar-refractivity contribution in [3.63, 3.8) is 0 Å². The maximum atomic E-state index is 13.2. The fourth-order valence-electron chi connectivity index (χ4n) is 1.28. The van der Waals surface area contributed by atoms with Gasteiger partial charge < -0.3 is 10.5 Å². The topological polar surface area (TPSA) is 35.2 Å². The van der Waals surface area contributed by atoms with Crippen LogP contribution in [-0.2, 0) is 0 Å². The van der Waals surface area contributed by atoms with E-state index in [9.17, 15) is 4.39 Å². The zero-order valence-electron chi connectivity index (χ0n) is 8.58. The highest BCUT2D eigenvalue weighted by Crippen LogP contribution is 2.30. The Bertz CT molecular complexity index is 562. The summed E-state index contributed by atoms with van der Waals surface area (Å²) in [5.74, 6) is 0.334. The Hall–Kier alpha value is -1.01. The summed E-state index contributed by atoms with van der Waals surface area (Å²) in [5, 5.41) is 0.0629. The van der Waals surface area contributed by atoms with Gasteiger partial charge in [-0.15, -0.1) is 0 Å². The van der Waals surface area contributed by atoms with Crippen molar-refractivity contribution < 1.29 is 9.13 Å². The van der Waals surface area contributed by atoms with E-state index in [1.165, 1.54) is 12.1 Å². The van der Waals surface area contributed by atoms with Gasteiger partial charge in [-0.05, 0) is 52.9 Å². The highest BCUT2D eigenvalue weighted by molar-refractivity contribution is 14.1. The van der Waals surface area contributed by atoms with Crippen LogP contribution in [0, 0.1) is 9.39 Å².